The van der Waals surface area contributed by atoms with E-state index in [1.807, 2.05) is 4.57 Å². The van der Waals surface area contributed by atoms with E-state index in [0.29, 0.717) is 12.4 Å². The lowest BCUT2D eigenvalue weighted by Crippen LogP contribution is -2.03. The van der Waals surface area contributed by atoms with Crippen LogP contribution in [0, 0.1) is 10.1 Å². The number of benzene rings is 1. The molecule has 7 heteroatoms. The minimum atomic E-state index is -0.460. The van der Waals surface area contributed by atoms with Gasteiger partial charge in [0.1, 0.15) is 5.82 Å². The molecule has 0 N–H and O–H groups in total. The Morgan fingerprint density at radius 3 is 2.95 bits per heavy atom. The summed E-state index contributed by atoms with van der Waals surface area (Å²) in [5.41, 5.74) is 0.740. The van der Waals surface area contributed by atoms with Crippen molar-refractivity contribution < 1.29 is 9.66 Å². The zero-order valence-electron chi connectivity index (χ0n) is 10.2. The molecule has 0 radical (unpaired) electrons. The molecule has 19 heavy (non-hydrogen) atoms. The van der Waals surface area contributed by atoms with Gasteiger partial charge in [-0.2, -0.15) is 0 Å². The Labute approximate surface area is 114 Å². The monoisotopic (exact) mass is 281 g/mol. The Morgan fingerprint density at radius 1 is 1.53 bits per heavy atom. The maximum absolute atomic E-state index is 10.9. The number of ether oxygens (including phenoxy) is 1. The minimum Gasteiger partial charge on any atom is -0.490 e. The number of methoxy groups -OCH3 is 1. The molecule has 0 aliphatic carbocycles. The predicted octanol–water partition coefficient (Wildman–Crippen LogP) is 2.59. The molecule has 0 amide bonds. The van der Waals surface area contributed by atoms with Gasteiger partial charge in [-0.1, -0.05) is 6.07 Å². The van der Waals surface area contributed by atoms with Gasteiger partial charge in [-0.3, -0.25) is 10.1 Å². The van der Waals surface area contributed by atoms with E-state index in [1.54, 1.807) is 24.5 Å². The molecule has 1 aromatic heterocycles. The van der Waals surface area contributed by atoms with Crippen LogP contribution in [0.2, 0.25) is 0 Å². The van der Waals surface area contributed by atoms with Crippen LogP contribution in [0.1, 0.15) is 11.4 Å². The number of rotatable bonds is 5. The molecular weight excluding hydrogens is 270 g/mol. The first kappa shape index (κ1) is 13.4. The molecule has 1 heterocycles. The van der Waals surface area contributed by atoms with Crippen LogP contribution in [0.3, 0.4) is 0 Å². The number of imidazole rings is 1. The van der Waals surface area contributed by atoms with Gasteiger partial charge in [0.05, 0.1) is 17.9 Å². The SMILES string of the molecule is COc1ccc(Cn2ccnc2CCl)cc1[N+](=O)[O-]. The van der Waals surface area contributed by atoms with Gasteiger partial charge in [0, 0.05) is 25.0 Å². The number of hydrogen-bond donors (Lipinski definition) is 0. The van der Waals surface area contributed by atoms with Gasteiger partial charge < -0.3 is 9.30 Å². The first-order valence-corrected chi connectivity index (χ1v) is 6.06. The molecule has 0 unspecified atom stereocenters. The molecule has 100 valence electrons. The quantitative estimate of drug-likeness (QED) is 0.480. The van der Waals surface area contributed by atoms with Gasteiger partial charge in [-0.05, 0) is 11.6 Å². The first-order valence-electron chi connectivity index (χ1n) is 5.53. The smallest absolute Gasteiger partial charge is 0.311 e. The predicted molar refractivity (Wildman–Crippen MR) is 70.5 cm³/mol. The highest BCUT2D eigenvalue weighted by molar-refractivity contribution is 6.16. The number of hydrogen-bond acceptors (Lipinski definition) is 4. The van der Waals surface area contributed by atoms with Crippen LogP contribution in [0.25, 0.3) is 0 Å². The van der Waals surface area contributed by atoms with Crippen molar-refractivity contribution in [2.45, 2.75) is 12.4 Å². The third-order valence-electron chi connectivity index (χ3n) is 2.71. The third-order valence-corrected chi connectivity index (χ3v) is 2.95. The highest BCUT2D eigenvalue weighted by atomic mass is 35.5. The van der Waals surface area contributed by atoms with E-state index >= 15 is 0 Å². The Kier molecular flexibility index (Phi) is 4.01. The zero-order chi connectivity index (χ0) is 13.8. The van der Waals surface area contributed by atoms with E-state index in [-0.39, 0.29) is 11.4 Å². The number of aromatic nitrogens is 2. The summed E-state index contributed by atoms with van der Waals surface area (Å²) < 4.78 is 6.81. The standard InChI is InChI=1S/C12H12ClN3O3/c1-19-11-3-2-9(6-10(11)16(17)18)8-15-5-4-14-12(15)7-13/h2-6H,7-8H2,1H3. The van der Waals surface area contributed by atoms with E-state index in [4.69, 9.17) is 16.3 Å². The molecule has 0 spiro atoms. The number of nitro benzene ring substituents is 1. The fraction of sp³-hybridized carbons (Fsp3) is 0.250. The van der Waals surface area contributed by atoms with Crippen LogP contribution < -0.4 is 4.74 Å². The van der Waals surface area contributed by atoms with Crippen molar-refractivity contribution in [1.82, 2.24) is 9.55 Å². The van der Waals surface area contributed by atoms with E-state index in [9.17, 15) is 10.1 Å². The average molecular weight is 282 g/mol. The fourth-order valence-corrected chi connectivity index (χ4v) is 2.01. The second-order valence-corrected chi connectivity index (χ2v) is 4.14. The number of nitrogens with zero attached hydrogens (tertiary/aromatic N) is 3. The van der Waals surface area contributed by atoms with Crippen LogP contribution in [0.5, 0.6) is 5.75 Å². The van der Waals surface area contributed by atoms with Gasteiger partial charge in [0.2, 0.25) is 0 Å². The lowest BCUT2D eigenvalue weighted by atomic mass is 10.2. The summed E-state index contributed by atoms with van der Waals surface area (Å²) >= 11 is 5.76. The lowest BCUT2D eigenvalue weighted by Gasteiger charge is -2.07. The Morgan fingerprint density at radius 2 is 2.32 bits per heavy atom. The van der Waals surface area contributed by atoms with Crippen LogP contribution in [0.4, 0.5) is 5.69 Å². The summed E-state index contributed by atoms with van der Waals surface area (Å²) in [7, 11) is 1.41. The van der Waals surface area contributed by atoms with Crippen molar-refractivity contribution in [3.05, 3.63) is 52.1 Å². The van der Waals surface area contributed by atoms with Crippen molar-refractivity contribution in [2.75, 3.05) is 7.11 Å². The van der Waals surface area contributed by atoms with Crippen LogP contribution in [-0.2, 0) is 12.4 Å². The highest BCUT2D eigenvalue weighted by Gasteiger charge is 2.15. The van der Waals surface area contributed by atoms with E-state index in [0.717, 1.165) is 11.4 Å². The summed E-state index contributed by atoms with van der Waals surface area (Å²) in [5.74, 6) is 1.27. The van der Waals surface area contributed by atoms with Crippen molar-refractivity contribution >= 4 is 17.3 Å². The van der Waals surface area contributed by atoms with Crippen LogP contribution in [-0.4, -0.2) is 21.6 Å². The molecule has 0 saturated heterocycles. The van der Waals surface area contributed by atoms with E-state index in [2.05, 4.69) is 4.98 Å². The minimum absolute atomic E-state index is 0.0486. The first-order chi connectivity index (χ1) is 9.15. The van der Waals surface area contributed by atoms with Crippen molar-refractivity contribution in [3.63, 3.8) is 0 Å². The largest absolute Gasteiger partial charge is 0.490 e. The Bertz CT molecular complexity index is 598. The number of halogens is 1. The number of nitro groups is 1. The molecule has 0 aliphatic rings. The average Bonchev–Trinajstić information content (AvgIpc) is 2.85. The molecule has 0 atom stereocenters. The van der Waals surface area contributed by atoms with Crippen molar-refractivity contribution in [2.24, 2.45) is 0 Å². The van der Waals surface area contributed by atoms with Crippen molar-refractivity contribution in [3.8, 4) is 5.75 Å². The lowest BCUT2D eigenvalue weighted by molar-refractivity contribution is -0.385. The zero-order valence-corrected chi connectivity index (χ0v) is 11.0. The molecule has 2 aromatic rings. The topological polar surface area (TPSA) is 70.2 Å². The maximum atomic E-state index is 10.9. The van der Waals surface area contributed by atoms with E-state index < -0.39 is 4.92 Å². The van der Waals surface area contributed by atoms with Crippen LogP contribution in [0.15, 0.2) is 30.6 Å². The molecule has 1 aromatic carbocycles. The normalized spacial score (nSPS) is 10.4. The van der Waals surface area contributed by atoms with Gasteiger partial charge >= 0.3 is 5.69 Å². The molecule has 0 aliphatic heterocycles. The highest BCUT2D eigenvalue weighted by Crippen LogP contribution is 2.27. The molecule has 0 bridgehead atoms. The van der Waals surface area contributed by atoms with Gasteiger partial charge in [0.15, 0.2) is 5.75 Å². The van der Waals surface area contributed by atoms with Crippen LogP contribution >= 0.6 is 11.6 Å². The van der Waals surface area contributed by atoms with Gasteiger partial charge in [-0.15, -0.1) is 11.6 Å². The third kappa shape index (κ3) is 2.85. The number of alkyl halides is 1. The Balaban J connectivity index is 2.31. The van der Waals surface area contributed by atoms with Gasteiger partial charge in [-0.25, -0.2) is 4.98 Å². The maximum Gasteiger partial charge on any atom is 0.311 e. The molecule has 2 rings (SSSR count). The molecular formula is C12H12ClN3O3. The molecule has 0 fully saturated rings. The fourth-order valence-electron chi connectivity index (χ4n) is 1.79. The van der Waals surface area contributed by atoms with Gasteiger partial charge in [0.25, 0.3) is 0 Å². The summed E-state index contributed by atoms with van der Waals surface area (Å²) in [5, 5.41) is 10.9. The second kappa shape index (κ2) is 5.71. The summed E-state index contributed by atoms with van der Waals surface area (Å²) in [6, 6.07) is 4.87. The summed E-state index contributed by atoms with van der Waals surface area (Å²) in [4.78, 5) is 14.6. The molecule has 6 nitrogen and oxygen atoms in total. The second-order valence-electron chi connectivity index (χ2n) is 3.87. The van der Waals surface area contributed by atoms with E-state index in [1.165, 1.54) is 13.2 Å². The Hall–Kier alpha value is -2.08. The summed E-state index contributed by atoms with van der Waals surface area (Å²) in [6.07, 6.45) is 3.43. The molecule has 0 saturated carbocycles. The summed E-state index contributed by atoms with van der Waals surface area (Å²) in [6.45, 7) is 0.479. The van der Waals surface area contributed by atoms with Crippen molar-refractivity contribution in [1.29, 1.82) is 0 Å².